The minimum absolute atomic E-state index is 0.0923. The Morgan fingerprint density at radius 2 is 1.65 bits per heavy atom. The molecule has 0 aliphatic heterocycles. The molecule has 0 aromatic heterocycles. The van der Waals surface area contributed by atoms with Gasteiger partial charge in [-0.2, -0.15) is 0 Å². The molecule has 0 unspecified atom stereocenters. The van der Waals surface area contributed by atoms with Crippen molar-refractivity contribution in [3.63, 3.8) is 0 Å². The third kappa shape index (κ3) is 3.05. The normalized spacial score (nSPS) is 14.1. The first-order valence-corrected chi connectivity index (χ1v) is 7.29. The Hall–Kier alpha value is -1.74. The van der Waals surface area contributed by atoms with Gasteiger partial charge in [-0.1, -0.05) is 36.4 Å². The molecule has 2 aromatic rings. The lowest BCUT2D eigenvalue weighted by Gasteiger charge is -2.12. The van der Waals surface area contributed by atoms with Crippen LogP contribution < -0.4 is 5.32 Å². The Labute approximate surface area is 124 Å². The number of carbonyl (C=O) groups excluding carboxylic acids is 1. The molecule has 0 bridgehead atoms. The highest BCUT2D eigenvalue weighted by Gasteiger charge is 2.22. The van der Waals surface area contributed by atoms with Crippen molar-refractivity contribution in [2.45, 2.75) is 30.2 Å². The highest BCUT2D eigenvalue weighted by molar-refractivity contribution is 7.80. The topological polar surface area (TPSA) is 29.1 Å². The molecule has 1 aliphatic carbocycles. The SMILES string of the molecule is O=C(Cc1ccc(S)cc1)NC1Cc2ccccc2C1. The number of rotatable bonds is 3. The zero-order valence-corrected chi connectivity index (χ0v) is 12.1. The van der Waals surface area contributed by atoms with Crippen molar-refractivity contribution in [1.29, 1.82) is 0 Å². The van der Waals surface area contributed by atoms with Crippen LogP contribution in [-0.4, -0.2) is 11.9 Å². The summed E-state index contributed by atoms with van der Waals surface area (Å²) < 4.78 is 0. The second-order valence-electron chi connectivity index (χ2n) is 5.28. The first kappa shape index (κ1) is 13.3. The fourth-order valence-corrected chi connectivity index (χ4v) is 2.89. The molecular formula is C17H17NOS. The number of amides is 1. The maximum atomic E-state index is 12.1. The summed E-state index contributed by atoms with van der Waals surface area (Å²) >= 11 is 4.24. The van der Waals surface area contributed by atoms with E-state index in [1.807, 2.05) is 24.3 Å². The lowest BCUT2D eigenvalue weighted by atomic mass is 10.1. The first-order valence-electron chi connectivity index (χ1n) is 6.85. The lowest BCUT2D eigenvalue weighted by molar-refractivity contribution is -0.121. The summed E-state index contributed by atoms with van der Waals surface area (Å²) in [6.45, 7) is 0. The Morgan fingerprint density at radius 3 is 2.25 bits per heavy atom. The molecule has 0 spiro atoms. The highest BCUT2D eigenvalue weighted by Crippen LogP contribution is 2.21. The first-order chi connectivity index (χ1) is 9.70. The third-order valence-electron chi connectivity index (χ3n) is 3.72. The van der Waals surface area contributed by atoms with Gasteiger partial charge >= 0.3 is 0 Å². The molecule has 0 saturated heterocycles. The summed E-state index contributed by atoms with van der Waals surface area (Å²) in [5.41, 5.74) is 3.74. The zero-order valence-electron chi connectivity index (χ0n) is 11.2. The maximum absolute atomic E-state index is 12.1. The van der Waals surface area contributed by atoms with Crippen LogP contribution in [0.3, 0.4) is 0 Å². The van der Waals surface area contributed by atoms with Gasteiger partial charge in [-0.15, -0.1) is 12.6 Å². The maximum Gasteiger partial charge on any atom is 0.224 e. The minimum Gasteiger partial charge on any atom is -0.352 e. The van der Waals surface area contributed by atoms with Crippen molar-refractivity contribution in [3.05, 3.63) is 65.2 Å². The summed E-state index contributed by atoms with van der Waals surface area (Å²) in [6.07, 6.45) is 2.32. The van der Waals surface area contributed by atoms with E-state index in [2.05, 4.69) is 42.2 Å². The van der Waals surface area contributed by atoms with Crippen LogP contribution >= 0.6 is 12.6 Å². The van der Waals surface area contributed by atoms with Gasteiger partial charge in [0, 0.05) is 10.9 Å². The predicted molar refractivity (Wildman–Crippen MR) is 83.2 cm³/mol. The molecule has 0 saturated carbocycles. The average molecular weight is 283 g/mol. The molecule has 0 radical (unpaired) electrons. The van der Waals surface area contributed by atoms with Gasteiger partial charge in [0.05, 0.1) is 6.42 Å². The standard InChI is InChI=1S/C17H17NOS/c19-17(9-12-5-7-16(20)8-6-12)18-15-10-13-3-1-2-4-14(13)11-15/h1-8,15,20H,9-11H2,(H,18,19). The number of fused-ring (bicyclic) bond motifs is 1. The van der Waals surface area contributed by atoms with Gasteiger partial charge in [0.1, 0.15) is 0 Å². The van der Waals surface area contributed by atoms with Crippen molar-refractivity contribution in [2.75, 3.05) is 0 Å². The predicted octanol–water partition coefficient (Wildman–Crippen LogP) is 2.80. The molecule has 20 heavy (non-hydrogen) atoms. The van der Waals surface area contributed by atoms with Crippen molar-refractivity contribution < 1.29 is 4.79 Å². The molecule has 0 atom stereocenters. The molecule has 1 amide bonds. The number of nitrogens with one attached hydrogen (secondary N) is 1. The van der Waals surface area contributed by atoms with E-state index >= 15 is 0 Å². The smallest absolute Gasteiger partial charge is 0.224 e. The van der Waals surface area contributed by atoms with E-state index < -0.39 is 0 Å². The number of hydrogen-bond donors (Lipinski definition) is 2. The molecule has 3 heteroatoms. The van der Waals surface area contributed by atoms with Gasteiger partial charge < -0.3 is 5.32 Å². The van der Waals surface area contributed by atoms with Crippen LogP contribution in [0.4, 0.5) is 0 Å². The average Bonchev–Trinajstić information content (AvgIpc) is 2.83. The summed E-state index contributed by atoms with van der Waals surface area (Å²) in [7, 11) is 0. The second kappa shape index (κ2) is 5.71. The summed E-state index contributed by atoms with van der Waals surface area (Å²) in [6, 6.07) is 16.4. The summed E-state index contributed by atoms with van der Waals surface area (Å²) in [4.78, 5) is 13.0. The van der Waals surface area contributed by atoms with Gasteiger partial charge in [-0.3, -0.25) is 4.79 Å². The van der Waals surface area contributed by atoms with Gasteiger partial charge in [-0.25, -0.2) is 0 Å². The van der Waals surface area contributed by atoms with Gasteiger partial charge in [0.2, 0.25) is 5.91 Å². The Kier molecular flexibility index (Phi) is 3.79. The number of hydrogen-bond acceptors (Lipinski definition) is 2. The molecule has 0 fully saturated rings. The zero-order chi connectivity index (χ0) is 13.9. The Balaban J connectivity index is 1.57. The van der Waals surface area contributed by atoms with Crippen LogP contribution in [0.5, 0.6) is 0 Å². The fourth-order valence-electron chi connectivity index (χ4n) is 2.74. The van der Waals surface area contributed by atoms with E-state index in [0.717, 1.165) is 23.3 Å². The monoisotopic (exact) mass is 283 g/mol. The summed E-state index contributed by atoms with van der Waals surface area (Å²) in [5, 5.41) is 3.13. The lowest BCUT2D eigenvalue weighted by Crippen LogP contribution is -2.36. The Bertz CT molecular complexity index is 596. The van der Waals surface area contributed by atoms with E-state index in [0.29, 0.717) is 6.42 Å². The van der Waals surface area contributed by atoms with Gasteiger partial charge in [0.15, 0.2) is 0 Å². The second-order valence-corrected chi connectivity index (χ2v) is 5.80. The van der Waals surface area contributed by atoms with Crippen LogP contribution in [-0.2, 0) is 24.1 Å². The Morgan fingerprint density at radius 1 is 1.05 bits per heavy atom. The van der Waals surface area contributed by atoms with Crippen molar-refractivity contribution in [2.24, 2.45) is 0 Å². The molecular weight excluding hydrogens is 266 g/mol. The van der Waals surface area contributed by atoms with E-state index in [1.165, 1.54) is 11.1 Å². The van der Waals surface area contributed by atoms with Crippen molar-refractivity contribution in [3.8, 4) is 0 Å². The van der Waals surface area contributed by atoms with Crippen molar-refractivity contribution in [1.82, 2.24) is 5.32 Å². The highest BCUT2D eigenvalue weighted by atomic mass is 32.1. The van der Waals surface area contributed by atoms with E-state index in [1.54, 1.807) is 0 Å². The van der Waals surface area contributed by atoms with Crippen molar-refractivity contribution >= 4 is 18.5 Å². The van der Waals surface area contributed by atoms with Gasteiger partial charge in [0.25, 0.3) is 0 Å². The molecule has 2 nitrogen and oxygen atoms in total. The van der Waals surface area contributed by atoms with E-state index in [-0.39, 0.29) is 11.9 Å². The molecule has 1 N–H and O–H groups in total. The van der Waals surface area contributed by atoms with Crippen LogP contribution in [0.1, 0.15) is 16.7 Å². The molecule has 2 aromatic carbocycles. The minimum atomic E-state index is 0.0923. The van der Waals surface area contributed by atoms with Crippen LogP contribution in [0.15, 0.2) is 53.4 Å². The van der Waals surface area contributed by atoms with Crippen LogP contribution in [0, 0.1) is 0 Å². The van der Waals surface area contributed by atoms with Crippen LogP contribution in [0.25, 0.3) is 0 Å². The summed E-state index contributed by atoms with van der Waals surface area (Å²) in [5.74, 6) is 0.0923. The molecule has 3 rings (SSSR count). The third-order valence-corrected chi connectivity index (χ3v) is 4.02. The molecule has 102 valence electrons. The van der Waals surface area contributed by atoms with Gasteiger partial charge in [-0.05, 0) is 41.7 Å². The molecule has 1 aliphatic rings. The largest absolute Gasteiger partial charge is 0.352 e. The quantitative estimate of drug-likeness (QED) is 0.833. The van der Waals surface area contributed by atoms with E-state index in [4.69, 9.17) is 0 Å². The number of thiol groups is 1. The fraction of sp³-hybridized carbons (Fsp3) is 0.235. The van der Waals surface area contributed by atoms with E-state index in [9.17, 15) is 4.79 Å². The molecule has 0 heterocycles. The number of benzene rings is 2. The van der Waals surface area contributed by atoms with Crippen LogP contribution in [0.2, 0.25) is 0 Å². The number of carbonyl (C=O) groups is 1.